The Morgan fingerprint density at radius 1 is 1.47 bits per heavy atom. The number of ether oxygens (including phenoxy) is 1. The van der Waals surface area contributed by atoms with Crippen LogP contribution in [0.2, 0.25) is 4.34 Å². The van der Waals surface area contributed by atoms with Crippen LogP contribution in [0.3, 0.4) is 0 Å². The van der Waals surface area contributed by atoms with Gasteiger partial charge in [0.15, 0.2) is 0 Å². The number of nitrogens with one attached hydrogen (secondary N) is 1. The Morgan fingerprint density at radius 2 is 2.26 bits per heavy atom. The summed E-state index contributed by atoms with van der Waals surface area (Å²) >= 11 is 7.93. The zero-order chi connectivity index (χ0) is 13.3. The summed E-state index contributed by atoms with van der Waals surface area (Å²) in [5.41, 5.74) is 1.85. The fraction of sp³-hybridized carbons (Fsp3) is 0.733. The number of fused-ring (bicyclic) bond motifs is 1. The maximum absolute atomic E-state index is 6.17. The van der Waals surface area contributed by atoms with Gasteiger partial charge in [-0.25, -0.2) is 0 Å². The molecule has 3 rings (SSSR count). The van der Waals surface area contributed by atoms with Crippen molar-refractivity contribution in [2.24, 2.45) is 5.41 Å². The monoisotopic (exact) mass is 299 g/mol. The van der Waals surface area contributed by atoms with Crippen LogP contribution < -0.4 is 5.32 Å². The minimum absolute atomic E-state index is 0.398. The lowest BCUT2D eigenvalue weighted by molar-refractivity contribution is 0.0226. The standard InChI is InChI=1S/C15H22ClNOS/c1-15(5-7-18-8-6-15)10-17-12-3-2-4-13-11(12)9-14(16)19-13/h9,12,17H,2-8,10H2,1H3. The van der Waals surface area contributed by atoms with E-state index in [-0.39, 0.29) is 0 Å². The van der Waals surface area contributed by atoms with Gasteiger partial charge in [0.05, 0.1) is 4.34 Å². The average Bonchev–Trinajstić information content (AvgIpc) is 2.78. The van der Waals surface area contributed by atoms with E-state index in [1.807, 2.05) is 0 Å². The lowest BCUT2D eigenvalue weighted by Crippen LogP contribution is -2.38. The fourth-order valence-electron chi connectivity index (χ4n) is 3.14. The minimum atomic E-state index is 0.398. The molecule has 4 heteroatoms. The third-order valence-corrected chi connectivity index (χ3v) is 5.90. The average molecular weight is 300 g/mol. The first-order valence-corrected chi connectivity index (χ1v) is 8.45. The van der Waals surface area contributed by atoms with Crippen molar-refractivity contribution in [2.75, 3.05) is 19.8 Å². The Morgan fingerprint density at radius 3 is 3.05 bits per heavy atom. The molecule has 2 heterocycles. The third kappa shape index (κ3) is 3.15. The number of halogens is 1. The highest BCUT2D eigenvalue weighted by atomic mass is 35.5. The maximum Gasteiger partial charge on any atom is 0.0934 e. The van der Waals surface area contributed by atoms with Gasteiger partial charge in [-0.1, -0.05) is 18.5 Å². The van der Waals surface area contributed by atoms with Crippen LogP contribution in [0.5, 0.6) is 0 Å². The van der Waals surface area contributed by atoms with Gasteiger partial charge >= 0.3 is 0 Å². The van der Waals surface area contributed by atoms with E-state index in [0.29, 0.717) is 11.5 Å². The molecule has 0 amide bonds. The Bertz CT molecular complexity index is 439. The van der Waals surface area contributed by atoms with E-state index in [1.165, 1.54) is 42.5 Å². The molecule has 2 nitrogen and oxygen atoms in total. The van der Waals surface area contributed by atoms with Crippen molar-refractivity contribution in [1.82, 2.24) is 5.32 Å². The molecule has 1 aliphatic heterocycles. The summed E-state index contributed by atoms with van der Waals surface area (Å²) in [7, 11) is 0. The second kappa shape index (κ2) is 5.72. The first-order valence-electron chi connectivity index (χ1n) is 7.26. The first-order chi connectivity index (χ1) is 9.16. The number of hydrogen-bond donors (Lipinski definition) is 1. The molecule has 1 aromatic heterocycles. The highest BCUT2D eigenvalue weighted by Gasteiger charge is 2.29. The molecule has 0 bridgehead atoms. The topological polar surface area (TPSA) is 21.3 Å². The van der Waals surface area contributed by atoms with E-state index < -0.39 is 0 Å². The van der Waals surface area contributed by atoms with Crippen molar-refractivity contribution >= 4 is 22.9 Å². The van der Waals surface area contributed by atoms with Crippen LogP contribution in [0, 0.1) is 5.41 Å². The van der Waals surface area contributed by atoms with E-state index in [4.69, 9.17) is 16.3 Å². The van der Waals surface area contributed by atoms with Crippen molar-refractivity contribution in [3.63, 3.8) is 0 Å². The summed E-state index contributed by atoms with van der Waals surface area (Å²) in [5.74, 6) is 0. The number of hydrogen-bond acceptors (Lipinski definition) is 3. The van der Waals surface area contributed by atoms with Gasteiger partial charge in [-0.05, 0) is 49.1 Å². The number of aryl methyl sites for hydroxylation is 1. The smallest absolute Gasteiger partial charge is 0.0934 e. The van der Waals surface area contributed by atoms with Crippen LogP contribution in [0.4, 0.5) is 0 Å². The molecule has 106 valence electrons. The highest BCUT2D eigenvalue weighted by Crippen LogP contribution is 2.38. The fourth-order valence-corrected chi connectivity index (χ4v) is 4.53. The Kier molecular flexibility index (Phi) is 4.18. The molecule has 1 N–H and O–H groups in total. The first kappa shape index (κ1) is 13.9. The predicted molar refractivity (Wildman–Crippen MR) is 81.2 cm³/mol. The highest BCUT2D eigenvalue weighted by molar-refractivity contribution is 7.16. The van der Waals surface area contributed by atoms with Crippen molar-refractivity contribution in [1.29, 1.82) is 0 Å². The van der Waals surface area contributed by atoms with Gasteiger partial charge in [0, 0.05) is 30.7 Å². The van der Waals surface area contributed by atoms with E-state index in [9.17, 15) is 0 Å². The van der Waals surface area contributed by atoms with Gasteiger partial charge < -0.3 is 10.1 Å². The molecule has 1 fully saturated rings. The zero-order valence-electron chi connectivity index (χ0n) is 11.5. The Labute approximate surface area is 124 Å². The van der Waals surface area contributed by atoms with E-state index >= 15 is 0 Å². The van der Waals surface area contributed by atoms with Gasteiger partial charge in [0.1, 0.15) is 0 Å². The quantitative estimate of drug-likeness (QED) is 0.904. The molecule has 1 aliphatic carbocycles. The summed E-state index contributed by atoms with van der Waals surface area (Å²) in [6.07, 6.45) is 6.07. The lowest BCUT2D eigenvalue weighted by atomic mass is 9.81. The van der Waals surface area contributed by atoms with Gasteiger partial charge in [0.25, 0.3) is 0 Å². The molecule has 0 spiro atoms. The second-order valence-corrected chi connectivity index (χ2v) is 7.95. The SMILES string of the molecule is CC1(CNC2CCCc3sc(Cl)cc32)CCOCC1. The van der Waals surface area contributed by atoms with Crippen molar-refractivity contribution < 1.29 is 4.74 Å². The molecule has 1 aromatic rings. The number of rotatable bonds is 3. The Hall–Kier alpha value is -0.0900. The predicted octanol–water partition coefficient (Wildman–Crippen LogP) is 4.19. The zero-order valence-corrected chi connectivity index (χ0v) is 13.1. The molecule has 2 aliphatic rings. The largest absolute Gasteiger partial charge is 0.381 e. The van der Waals surface area contributed by atoms with Crippen LogP contribution in [0.15, 0.2) is 6.07 Å². The van der Waals surface area contributed by atoms with Crippen LogP contribution in [-0.2, 0) is 11.2 Å². The molecule has 19 heavy (non-hydrogen) atoms. The van der Waals surface area contributed by atoms with Crippen LogP contribution in [-0.4, -0.2) is 19.8 Å². The third-order valence-electron chi connectivity index (χ3n) is 4.56. The second-order valence-electron chi connectivity index (χ2n) is 6.18. The maximum atomic E-state index is 6.17. The Balaban J connectivity index is 1.64. The van der Waals surface area contributed by atoms with Crippen LogP contribution >= 0.6 is 22.9 Å². The van der Waals surface area contributed by atoms with Gasteiger partial charge in [-0.3, -0.25) is 0 Å². The molecule has 0 radical (unpaired) electrons. The molecular weight excluding hydrogens is 278 g/mol. The van der Waals surface area contributed by atoms with E-state index in [0.717, 1.165) is 24.1 Å². The van der Waals surface area contributed by atoms with E-state index in [2.05, 4.69) is 18.3 Å². The number of thiophene rings is 1. The molecule has 1 saturated heterocycles. The molecule has 1 unspecified atom stereocenters. The summed E-state index contributed by atoms with van der Waals surface area (Å²) in [6, 6.07) is 2.68. The summed E-state index contributed by atoms with van der Waals surface area (Å²) in [5, 5.41) is 3.79. The molecule has 0 saturated carbocycles. The van der Waals surface area contributed by atoms with Crippen molar-refractivity contribution in [3.05, 3.63) is 20.8 Å². The molecule has 0 aromatic carbocycles. The van der Waals surface area contributed by atoms with Crippen molar-refractivity contribution in [2.45, 2.75) is 45.1 Å². The minimum Gasteiger partial charge on any atom is -0.381 e. The van der Waals surface area contributed by atoms with Gasteiger partial charge in [0.2, 0.25) is 0 Å². The summed E-state index contributed by atoms with van der Waals surface area (Å²) in [4.78, 5) is 1.49. The van der Waals surface area contributed by atoms with Crippen LogP contribution in [0.25, 0.3) is 0 Å². The van der Waals surface area contributed by atoms with Crippen LogP contribution in [0.1, 0.15) is 49.1 Å². The van der Waals surface area contributed by atoms with Gasteiger partial charge in [-0.15, -0.1) is 11.3 Å². The van der Waals surface area contributed by atoms with Gasteiger partial charge in [-0.2, -0.15) is 0 Å². The van der Waals surface area contributed by atoms with Crippen molar-refractivity contribution in [3.8, 4) is 0 Å². The summed E-state index contributed by atoms with van der Waals surface area (Å²) in [6.45, 7) is 5.30. The van der Waals surface area contributed by atoms with E-state index in [1.54, 1.807) is 11.3 Å². The molecular formula is C15H22ClNOS. The normalized spacial score (nSPS) is 26.1. The lowest BCUT2D eigenvalue weighted by Gasteiger charge is -2.36. The molecule has 1 atom stereocenters. The summed E-state index contributed by atoms with van der Waals surface area (Å²) < 4.78 is 6.41.